The summed E-state index contributed by atoms with van der Waals surface area (Å²) in [5, 5.41) is 3.22. The molecule has 1 aliphatic carbocycles. The zero-order valence-electron chi connectivity index (χ0n) is 13.7. The number of halogens is 1. The predicted octanol–water partition coefficient (Wildman–Crippen LogP) is 2.22. The maximum Gasteiger partial charge on any atom is 0.289 e. The number of amides is 1. The zero-order valence-corrected chi connectivity index (χ0v) is 14.5. The molecule has 0 saturated heterocycles. The number of hydrogen-bond donors (Lipinski definition) is 1. The summed E-state index contributed by atoms with van der Waals surface area (Å²) < 4.78 is 7.16. The van der Waals surface area contributed by atoms with Gasteiger partial charge < -0.3 is 14.6 Å². The summed E-state index contributed by atoms with van der Waals surface area (Å²) in [6.07, 6.45) is 7.29. The first-order chi connectivity index (χ1) is 11.6. The molecule has 0 bridgehead atoms. The van der Waals surface area contributed by atoms with E-state index in [2.05, 4.69) is 20.3 Å². The Morgan fingerprint density at radius 2 is 2.08 bits per heavy atom. The standard InChI is InChI=1S/C16H20ClN5O2/c1-22-9-18-8-13(22)12-7-14(17)21-15(20-12)16(23)19-10-3-5-11(24-2)6-4-10/h7-11H,3-6H2,1-2H3,(H,19,23). The van der Waals surface area contributed by atoms with Crippen LogP contribution in [-0.4, -0.2) is 44.7 Å². The lowest BCUT2D eigenvalue weighted by Gasteiger charge is -2.27. The number of carbonyl (C=O) groups is 1. The SMILES string of the molecule is COC1CCC(NC(=O)c2nc(Cl)cc(-c3cncn3C)n2)CC1. The fourth-order valence-corrected chi connectivity index (χ4v) is 3.13. The van der Waals surface area contributed by atoms with Gasteiger partial charge in [0.15, 0.2) is 0 Å². The number of methoxy groups -OCH3 is 1. The Bertz CT molecular complexity index is 725. The minimum Gasteiger partial charge on any atom is -0.381 e. The van der Waals surface area contributed by atoms with Crippen molar-refractivity contribution >= 4 is 17.5 Å². The minimum absolute atomic E-state index is 0.0764. The second-order valence-electron chi connectivity index (χ2n) is 5.97. The Kier molecular flexibility index (Phi) is 5.11. The van der Waals surface area contributed by atoms with Gasteiger partial charge in [-0.05, 0) is 25.7 Å². The highest BCUT2D eigenvalue weighted by molar-refractivity contribution is 6.29. The van der Waals surface area contributed by atoms with E-state index in [1.807, 2.05) is 11.6 Å². The number of aryl methyl sites for hydroxylation is 1. The number of ether oxygens (including phenoxy) is 1. The minimum atomic E-state index is -0.304. The van der Waals surface area contributed by atoms with Crippen LogP contribution in [0.1, 0.15) is 36.3 Å². The highest BCUT2D eigenvalue weighted by atomic mass is 35.5. The van der Waals surface area contributed by atoms with E-state index in [1.54, 1.807) is 25.7 Å². The summed E-state index contributed by atoms with van der Waals surface area (Å²) >= 11 is 6.07. The Balaban J connectivity index is 1.73. The second kappa shape index (κ2) is 7.27. The largest absolute Gasteiger partial charge is 0.381 e. The van der Waals surface area contributed by atoms with Gasteiger partial charge in [0.1, 0.15) is 5.15 Å². The molecule has 24 heavy (non-hydrogen) atoms. The normalized spacial score (nSPS) is 20.8. The smallest absolute Gasteiger partial charge is 0.289 e. The van der Waals surface area contributed by atoms with Gasteiger partial charge in [-0.2, -0.15) is 0 Å². The summed E-state index contributed by atoms with van der Waals surface area (Å²) in [6.45, 7) is 0. The topological polar surface area (TPSA) is 81.9 Å². The van der Waals surface area contributed by atoms with Crippen molar-refractivity contribution in [1.82, 2.24) is 24.8 Å². The molecule has 8 heteroatoms. The van der Waals surface area contributed by atoms with E-state index in [-0.39, 0.29) is 29.0 Å². The van der Waals surface area contributed by atoms with Crippen LogP contribution >= 0.6 is 11.6 Å². The molecule has 7 nitrogen and oxygen atoms in total. The molecule has 1 amide bonds. The number of nitrogens with one attached hydrogen (secondary N) is 1. The van der Waals surface area contributed by atoms with Gasteiger partial charge in [0, 0.05) is 26.3 Å². The number of imidazole rings is 1. The molecule has 0 aliphatic heterocycles. The van der Waals surface area contributed by atoms with Crippen LogP contribution in [0.25, 0.3) is 11.4 Å². The summed E-state index contributed by atoms with van der Waals surface area (Å²) in [5.41, 5.74) is 1.34. The zero-order chi connectivity index (χ0) is 17.1. The van der Waals surface area contributed by atoms with Crippen LogP contribution in [0, 0.1) is 0 Å². The van der Waals surface area contributed by atoms with Crippen molar-refractivity contribution in [1.29, 1.82) is 0 Å². The summed E-state index contributed by atoms with van der Waals surface area (Å²) in [4.78, 5) is 24.9. The first-order valence-corrected chi connectivity index (χ1v) is 8.29. The molecule has 0 spiro atoms. The maximum atomic E-state index is 12.5. The lowest BCUT2D eigenvalue weighted by atomic mass is 9.93. The molecule has 128 valence electrons. The van der Waals surface area contributed by atoms with E-state index >= 15 is 0 Å². The number of nitrogens with zero attached hydrogens (tertiary/aromatic N) is 4. The monoisotopic (exact) mass is 349 g/mol. The van der Waals surface area contributed by atoms with Crippen molar-refractivity contribution < 1.29 is 9.53 Å². The molecule has 1 saturated carbocycles. The molecule has 2 heterocycles. The van der Waals surface area contributed by atoms with Crippen LogP contribution in [0.4, 0.5) is 0 Å². The fraction of sp³-hybridized carbons (Fsp3) is 0.500. The Morgan fingerprint density at radius 3 is 2.71 bits per heavy atom. The van der Waals surface area contributed by atoms with E-state index in [0.29, 0.717) is 5.69 Å². The van der Waals surface area contributed by atoms with Crippen molar-refractivity contribution in [3.8, 4) is 11.4 Å². The molecule has 1 N–H and O–H groups in total. The van der Waals surface area contributed by atoms with Crippen LogP contribution in [0.15, 0.2) is 18.6 Å². The molecule has 0 aromatic carbocycles. The highest BCUT2D eigenvalue weighted by Gasteiger charge is 2.24. The lowest BCUT2D eigenvalue weighted by Crippen LogP contribution is -2.39. The van der Waals surface area contributed by atoms with Crippen LogP contribution in [0.3, 0.4) is 0 Å². The summed E-state index contributed by atoms with van der Waals surface area (Å²) in [6, 6.07) is 1.74. The number of hydrogen-bond acceptors (Lipinski definition) is 5. The van der Waals surface area contributed by atoms with Gasteiger partial charge >= 0.3 is 0 Å². The first-order valence-electron chi connectivity index (χ1n) is 7.91. The van der Waals surface area contributed by atoms with Crippen molar-refractivity contribution in [2.45, 2.75) is 37.8 Å². The van der Waals surface area contributed by atoms with Gasteiger partial charge in [0.2, 0.25) is 5.82 Å². The lowest BCUT2D eigenvalue weighted by molar-refractivity contribution is 0.0597. The summed E-state index contributed by atoms with van der Waals surface area (Å²) in [7, 11) is 3.58. The van der Waals surface area contributed by atoms with E-state index in [9.17, 15) is 4.79 Å². The Hall–Kier alpha value is -1.99. The highest BCUT2D eigenvalue weighted by Crippen LogP contribution is 2.22. The van der Waals surface area contributed by atoms with Crippen molar-refractivity contribution in [2.75, 3.05) is 7.11 Å². The van der Waals surface area contributed by atoms with Gasteiger partial charge in [-0.3, -0.25) is 4.79 Å². The van der Waals surface area contributed by atoms with Crippen molar-refractivity contribution in [3.05, 3.63) is 29.6 Å². The van der Waals surface area contributed by atoms with E-state index in [0.717, 1.165) is 31.4 Å². The van der Waals surface area contributed by atoms with Gasteiger partial charge in [-0.1, -0.05) is 11.6 Å². The molecule has 1 aliphatic rings. The third-order valence-electron chi connectivity index (χ3n) is 4.32. The van der Waals surface area contributed by atoms with E-state index in [4.69, 9.17) is 16.3 Å². The molecule has 0 atom stereocenters. The Morgan fingerprint density at radius 1 is 1.33 bits per heavy atom. The summed E-state index contributed by atoms with van der Waals surface area (Å²) in [5.74, 6) is -0.227. The van der Waals surface area contributed by atoms with E-state index in [1.165, 1.54) is 0 Å². The van der Waals surface area contributed by atoms with Gasteiger partial charge in [-0.25, -0.2) is 15.0 Å². The molecule has 1 fully saturated rings. The third kappa shape index (κ3) is 3.73. The van der Waals surface area contributed by atoms with Gasteiger partial charge in [0.05, 0.1) is 30.0 Å². The quantitative estimate of drug-likeness (QED) is 0.856. The van der Waals surface area contributed by atoms with Gasteiger partial charge in [-0.15, -0.1) is 0 Å². The van der Waals surface area contributed by atoms with E-state index < -0.39 is 0 Å². The van der Waals surface area contributed by atoms with Crippen LogP contribution in [-0.2, 0) is 11.8 Å². The predicted molar refractivity (Wildman–Crippen MR) is 89.8 cm³/mol. The molecular weight excluding hydrogens is 330 g/mol. The number of rotatable bonds is 4. The molecule has 2 aromatic rings. The molecule has 2 aromatic heterocycles. The average molecular weight is 350 g/mol. The third-order valence-corrected chi connectivity index (χ3v) is 4.51. The fourth-order valence-electron chi connectivity index (χ4n) is 2.95. The number of aromatic nitrogens is 4. The van der Waals surface area contributed by atoms with Crippen molar-refractivity contribution in [3.63, 3.8) is 0 Å². The maximum absolute atomic E-state index is 12.5. The number of carbonyl (C=O) groups excluding carboxylic acids is 1. The molecular formula is C16H20ClN5O2. The van der Waals surface area contributed by atoms with Crippen LogP contribution in [0.2, 0.25) is 5.15 Å². The Labute approximate surface area is 145 Å². The molecule has 0 radical (unpaired) electrons. The van der Waals surface area contributed by atoms with Gasteiger partial charge in [0.25, 0.3) is 5.91 Å². The van der Waals surface area contributed by atoms with Crippen LogP contribution in [0.5, 0.6) is 0 Å². The first kappa shape index (κ1) is 16.9. The van der Waals surface area contributed by atoms with Crippen LogP contribution < -0.4 is 5.32 Å². The average Bonchev–Trinajstić information content (AvgIpc) is 3.01. The van der Waals surface area contributed by atoms with Crippen molar-refractivity contribution in [2.24, 2.45) is 7.05 Å². The molecule has 3 rings (SSSR count). The molecule has 0 unspecified atom stereocenters. The second-order valence-corrected chi connectivity index (χ2v) is 6.36.